The molecule has 28 heavy (non-hydrogen) atoms. The molecule has 0 radical (unpaired) electrons. The second-order valence-electron chi connectivity index (χ2n) is 6.61. The zero-order valence-corrected chi connectivity index (χ0v) is 15.9. The number of para-hydroxylation sites is 1. The van der Waals surface area contributed by atoms with Gasteiger partial charge in [0.05, 0.1) is 0 Å². The maximum absolute atomic E-state index is 14.1. The number of nitrogens with one attached hydrogen (secondary N) is 1. The third kappa shape index (κ3) is 4.09. The number of anilines is 1. The molecule has 3 aromatic rings. The van der Waals surface area contributed by atoms with Crippen molar-refractivity contribution in [1.29, 1.82) is 0 Å². The number of hydrogen-bond donors (Lipinski definition) is 1. The maximum Gasteiger partial charge on any atom is 0.276 e. The number of aromatic nitrogens is 2. The molecule has 0 atom stereocenters. The lowest BCUT2D eigenvalue weighted by Gasteiger charge is -2.13. The number of carbonyl (C=O) groups excluding carboxylic acids is 1. The standard InChI is InChI=1S/C21H21FN4O2/c1-14-12-19(27)20(24-26(14)18-7-5-4-6-17(18)22)21(28)23-13-15-8-10-16(11-9-15)25(2)3/h4-12H,13H2,1-3H3,(H,23,28). The van der Waals surface area contributed by atoms with Crippen molar-refractivity contribution in [2.45, 2.75) is 13.5 Å². The third-order valence-electron chi connectivity index (χ3n) is 4.31. The Bertz CT molecular complexity index is 1060. The van der Waals surface area contributed by atoms with E-state index in [1.54, 1.807) is 19.1 Å². The van der Waals surface area contributed by atoms with Gasteiger partial charge in [0.15, 0.2) is 5.69 Å². The summed E-state index contributed by atoms with van der Waals surface area (Å²) in [6.07, 6.45) is 0. The molecule has 0 saturated carbocycles. The Kier molecular flexibility index (Phi) is 5.54. The van der Waals surface area contributed by atoms with E-state index in [0.29, 0.717) is 5.69 Å². The van der Waals surface area contributed by atoms with E-state index < -0.39 is 17.2 Å². The number of halogens is 1. The molecular formula is C21H21FN4O2. The van der Waals surface area contributed by atoms with Crippen molar-refractivity contribution in [3.05, 3.63) is 87.6 Å². The molecule has 3 rings (SSSR count). The summed E-state index contributed by atoms with van der Waals surface area (Å²) < 4.78 is 15.4. The van der Waals surface area contributed by atoms with Crippen molar-refractivity contribution in [2.75, 3.05) is 19.0 Å². The van der Waals surface area contributed by atoms with E-state index in [4.69, 9.17) is 0 Å². The smallest absolute Gasteiger partial charge is 0.276 e. The molecule has 2 aromatic carbocycles. The van der Waals surface area contributed by atoms with Crippen molar-refractivity contribution >= 4 is 11.6 Å². The average Bonchev–Trinajstić information content (AvgIpc) is 2.67. The molecular weight excluding hydrogens is 359 g/mol. The lowest BCUT2D eigenvalue weighted by atomic mass is 10.2. The summed E-state index contributed by atoms with van der Waals surface area (Å²) in [4.78, 5) is 26.7. The molecule has 1 heterocycles. The molecule has 0 spiro atoms. The fourth-order valence-electron chi connectivity index (χ4n) is 2.75. The lowest BCUT2D eigenvalue weighted by molar-refractivity contribution is 0.0943. The first-order valence-electron chi connectivity index (χ1n) is 8.77. The number of aryl methyl sites for hydroxylation is 1. The van der Waals surface area contributed by atoms with Crippen molar-refractivity contribution in [3.63, 3.8) is 0 Å². The molecule has 0 aliphatic rings. The summed E-state index contributed by atoms with van der Waals surface area (Å²) in [5.74, 6) is -1.10. The summed E-state index contributed by atoms with van der Waals surface area (Å²) in [5, 5.41) is 6.79. The van der Waals surface area contributed by atoms with Gasteiger partial charge in [-0.15, -0.1) is 0 Å². The molecule has 0 aliphatic heterocycles. The van der Waals surface area contributed by atoms with Gasteiger partial charge in [-0.25, -0.2) is 9.07 Å². The van der Waals surface area contributed by atoms with E-state index in [-0.39, 0.29) is 17.9 Å². The largest absolute Gasteiger partial charge is 0.378 e. The van der Waals surface area contributed by atoms with Crippen LogP contribution in [-0.4, -0.2) is 29.8 Å². The van der Waals surface area contributed by atoms with E-state index >= 15 is 0 Å². The van der Waals surface area contributed by atoms with Crippen LogP contribution < -0.4 is 15.6 Å². The van der Waals surface area contributed by atoms with Gasteiger partial charge in [0, 0.05) is 38.1 Å². The first kappa shape index (κ1) is 19.3. The Labute approximate surface area is 162 Å². The summed E-state index contributed by atoms with van der Waals surface area (Å²) >= 11 is 0. The zero-order valence-electron chi connectivity index (χ0n) is 15.9. The zero-order chi connectivity index (χ0) is 20.3. The van der Waals surface area contributed by atoms with Gasteiger partial charge >= 0.3 is 0 Å². The van der Waals surface area contributed by atoms with Gasteiger partial charge in [-0.2, -0.15) is 5.10 Å². The fourth-order valence-corrected chi connectivity index (χ4v) is 2.75. The van der Waals surface area contributed by atoms with E-state index in [9.17, 15) is 14.0 Å². The molecule has 0 saturated heterocycles. The second-order valence-corrected chi connectivity index (χ2v) is 6.61. The Morgan fingerprint density at radius 1 is 1.14 bits per heavy atom. The predicted octanol–water partition coefficient (Wildman–Crippen LogP) is 2.68. The van der Waals surface area contributed by atoms with Gasteiger partial charge in [0.1, 0.15) is 11.5 Å². The van der Waals surface area contributed by atoms with Crippen molar-refractivity contribution in [3.8, 4) is 5.69 Å². The first-order valence-corrected chi connectivity index (χ1v) is 8.77. The molecule has 1 amide bonds. The van der Waals surface area contributed by atoms with Crippen LogP contribution in [0.25, 0.3) is 5.69 Å². The van der Waals surface area contributed by atoms with E-state index in [1.165, 1.54) is 22.9 Å². The fraction of sp³-hybridized carbons (Fsp3) is 0.190. The number of amides is 1. The van der Waals surface area contributed by atoms with Gasteiger partial charge < -0.3 is 10.2 Å². The van der Waals surface area contributed by atoms with Crippen LogP contribution in [0.3, 0.4) is 0 Å². The molecule has 144 valence electrons. The normalized spacial score (nSPS) is 10.6. The highest BCUT2D eigenvalue weighted by molar-refractivity contribution is 5.92. The SMILES string of the molecule is Cc1cc(=O)c(C(=O)NCc2ccc(N(C)C)cc2)nn1-c1ccccc1F. The Morgan fingerprint density at radius 2 is 1.82 bits per heavy atom. The summed E-state index contributed by atoms with van der Waals surface area (Å²) in [7, 11) is 3.89. The van der Waals surface area contributed by atoms with Crippen molar-refractivity contribution in [1.82, 2.24) is 15.1 Å². The summed E-state index contributed by atoms with van der Waals surface area (Å²) in [6, 6.07) is 15.0. The lowest BCUT2D eigenvalue weighted by Crippen LogP contribution is -2.31. The number of carbonyl (C=O) groups is 1. The van der Waals surface area contributed by atoms with Crippen molar-refractivity contribution in [2.24, 2.45) is 0 Å². The van der Waals surface area contributed by atoms with Crippen LogP contribution in [0.5, 0.6) is 0 Å². The number of benzene rings is 2. The molecule has 1 aromatic heterocycles. The highest BCUT2D eigenvalue weighted by Crippen LogP contribution is 2.14. The minimum Gasteiger partial charge on any atom is -0.378 e. The number of hydrogen-bond acceptors (Lipinski definition) is 4. The molecule has 0 bridgehead atoms. The summed E-state index contributed by atoms with van der Waals surface area (Å²) in [5.41, 5.74) is 1.76. The number of rotatable bonds is 5. The van der Waals surface area contributed by atoms with E-state index in [0.717, 1.165) is 11.3 Å². The molecule has 7 heteroatoms. The Hall–Kier alpha value is -3.48. The minimum atomic E-state index is -0.605. The van der Waals surface area contributed by atoms with Crippen LogP contribution >= 0.6 is 0 Å². The van der Waals surface area contributed by atoms with Crippen LogP contribution in [0, 0.1) is 12.7 Å². The van der Waals surface area contributed by atoms with Crippen LogP contribution in [0.2, 0.25) is 0 Å². The predicted molar refractivity (Wildman–Crippen MR) is 106 cm³/mol. The van der Waals surface area contributed by atoms with Gasteiger partial charge in [-0.05, 0) is 36.8 Å². The first-order chi connectivity index (χ1) is 13.4. The van der Waals surface area contributed by atoms with Gasteiger partial charge in [0.2, 0.25) is 5.43 Å². The molecule has 1 N–H and O–H groups in total. The highest BCUT2D eigenvalue weighted by atomic mass is 19.1. The second kappa shape index (κ2) is 8.04. The summed E-state index contributed by atoms with van der Waals surface area (Å²) in [6.45, 7) is 1.88. The van der Waals surface area contributed by atoms with Crippen LogP contribution in [-0.2, 0) is 6.54 Å². The molecule has 6 nitrogen and oxygen atoms in total. The number of nitrogens with zero attached hydrogens (tertiary/aromatic N) is 3. The minimum absolute atomic E-state index is 0.174. The van der Waals surface area contributed by atoms with Crippen LogP contribution in [0.4, 0.5) is 10.1 Å². The van der Waals surface area contributed by atoms with E-state index in [1.807, 2.05) is 43.3 Å². The average molecular weight is 380 g/mol. The Balaban J connectivity index is 1.83. The maximum atomic E-state index is 14.1. The van der Waals surface area contributed by atoms with Crippen LogP contribution in [0.15, 0.2) is 59.4 Å². The highest BCUT2D eigenvalue weighted by Gasteiger charge is 2.16. The monoisotopic (exact) mass is 380 g/mol. The van der Waals surface area contributed by atoms with Gasteiger partial charge in [-0.1, -0.05) is 24.3 Å². The molecule has 0 fully saturated rings. The topological polar surface area (TPSA) is 67.2 Å². The third-order valence-corrected chi connectivity index (χ3v) is 4.31. The quantitative estimate of drug-likeness (QED) is 0.739. The van der Waals surface area contributed by atoms with Gasteiger partial charge in [0.25, 0.3) is 5.91 Å². The molecule has 0 aliphatic carbocycles. The molecule has 0 unspecified atom stereocenters. The Morgan fingerprint density at radius 3 is 2.46 bits per heavy atom. The van der Waals surface area contributed by atoms with Gasteiger partial charge in [-0.3, -0.25) is 9.59 Å². The van der Waals surface area contributed by atoms with E-state index in [2.05, 4.69) is 10.4 Å². The van der Waals surface area contributed by atoms with Crippen LogP contribution in [0.1, 0.15) is 21.7 Å². The van der Waals surface area contributed by atoms with Crippen molar-refractivity contribution < 1.29 is 9.18 Å².